The van der Waals surface area contributed by atoms with E-state index in [4.69, 9.17) is 11.6 Å². The number of benzene rings is 2. The van der Waals surface area contributed by atoms with E-state index in [0.717, 1.165) is 20.9 Å². The Labute approximate surface area is 226 Å². The lowest BCUT2D eigenvalue weighted by Crippen LogP contribution is -2.52. The summed E-state index contributed by atoms with van der Waals surface area (Å²) in [6.45, 7) is -0.465. The van der Waals surface area contributed by atoms with Crippen LogP contribution in [0.1, 0.15) is 27.1 Å². The zero-order valence-electron chi connectivity index (χ0n) is 17.5. The van der Waals surface area contributed by atoms with Gasteiger partial charge in [0.25, 0.3) is 17.7 Å². The van der Waals surface area contributed by atoms with Crippen LogP contribution >= 0.6 is 59.4 Å². The molecule has 2 bridgehead atoms. The van der Waals surface area contributed by atoms with Crippen molar-refractivity contribution in [1.82, 2.24) is 10.0 Å². The lowest BCUT2D eigenvalue weighted by atomic mass is 9.81. The zero-order valence-corrected chi connectivity index (χ0v) is 23.1. The van der Waals surface area contributed by atoms with Crippen molar-refractivity contribution in [1.29, 1.82) is 0 Å². The number of Topliss-reactive ketones (excluding diaryl/α,β-unsaturated/α-hetero) is 1. The molecule has 0 aromatic heterocycles. The normalized spacial score (nSPS) is 29.5. The first kappa shape index (κ1) is 24.2. The first-order valence-electron chi connectivity index (χ1n) is 10.7. The predicted molar refractivity (Wildman–Crippen MR) is 137 cm³/mol. The van der Waals surface area contributed by atoms with Gasteiger partial charge < -0.3 is 0 Å². The largest absolute Gasteiger partial charge is 0.292 e. The molecule has 34 heavy (non-hydrogen) atoms. The molecule has 5 rings (SSSR count). The number of hydrogen-bond donors (Lipinski definition) is 0. The van der Waals surface area contributed by atoms with Crippen LogP contribution in [0.3, 0.4) is 0 Å². The summed E-state index contributed by atoms with van der Waals surface area (Å²) in [5.41, 5.74) is 0.478. The van der Waals surface area contributed by atoms with Gasteiger partial charge in [-0.25, -0.2) is 5.01 Å². The number of hydrogen-bond acceptors (Lipinski definition) is 4. The van der Waals surface area contributed by atoms with Gasteiger partial charge in [-0.05, 0) is 42.5 Å². The van der Waals surface area contributed by atoms with Crippen molar-refractivity contribution in [2.24, 2.45) is 23.7 Å². The quantitative estimate of drug-likeness (QED) is 0.251. The first-order chi connectivity index (χ1) is 16.2. The van der Waals surface area contributed by atoms with Gasteiger partial charge in [0.2, 0.25) is 0 Å². The van der Waals surface area contributed by atoms with E-state index in [2.05, 4.69) is 47.8 Å². The molecule has 2 aliphatic carbocycles. The zero-order chi connectivity index (χ0) is 24.3. The van der Waals surface area contributed by atoms with E-state index < -0.39 is 41.9 Å². The van der Waals surface area contributed by atoms with Crippen molar-refractivity contribution < 1.29 is 19.2 Å². The summed E-state index contributed by atoms with van der Waals surface area (Å²) in [6, 6.07) is 13.1. The number of amides is 3. The number of rotatable bonds is 5. The summed E-state index contributed by atoms with van der Waals surface area (Å²) in [5.74, 6) is -2.99. The summed E-state index contributed by atoms with van der Waals surface area (Å²) >= 11 is 16.9. The molecule has 1 heterocycles. The van der Waals surface area contributed by atoms with E-state index in [1.165, 1.54) is 6.07 Å². The molecule has 2 aromatic carbocycles. The van der Waals surface area contributed by atoms with Crippen molar-refractivity contribution in [3.05, 3.63) is 69.2 Å². The highest BCUT2D eigenvalue weighted by Crippen LogP contribution is 2.60. The van der Waals surface area contributed by atoms with Crippen molar-refractivity contribution >= 4 is 82.9 Å². The van der Waals surface area contributed by atoms with Gasteiger partial charge in [-0.15, -0.1) is 0 Å². The summed E-state index contributed by atoms with van der Waals surface area (Å²) in [7, 11) is 0. The van der Waals surface area contributed by atoms with Crippen molar-refractivity contribution in [3.63, 3.8) is 0 Å². The number of nitrogens with zero attached hydrogens (tertiary/aromatic N) is 2. The Morgan fingerprint density at radius 1 is 0.941 bits per heavy atom. The molecule has 3 aliphatic rings. The maximum Gasteiger partial charge on any atom is 0.274 e. The van der Waals surface area contributed by atoms with Crippen LogP contribution in [0.2, 0.25) is 5.02 Å². The van der Waals surface area contributed by atoms with Gasteiger partial charge in [0, 0.05) is 19.7 Å². The minimum atomic E-state index is -0.670. The summed E-state index contributed by atoms with van der Waals surface area (Å²) in [6.07, 6.45) is 0.767. The molecule has 6 atom stereocenters. The number of imide groups is 1. The van der Waals surface area contributed by atoms with Gasteiger partial charge in [-0.3, -0.25) is 19.2 Å². The fraction of sp³-hybridized carbons (Fsp3) is 0.333. The number of carbonyl (C=O) groups excluding carboxylic acids is 4. The standard InChI is InChI=1S/C24H18Br3ClN2O4/c25-12-7-5-11(6-8-12)17(31)10-29(22(32)13-3-1-2-4-16(13)28)30-23(33)18-14-9-15(19(18)24(30)34)21(27)20(14)26/h1-8,14-15,18-21H,9-10H2/t14-,15-,18-,19+,20-,21+/m1/s1. The Bertz CT molecular complexity index is 1170. The van der Waals surface area contributed by atoms with Crippen LogP contribution in [-0.4, -0.2) is 49.7 Å². The van der Waals surface area contributed by atoms with Crippen molar-refractivity contribution in [2.75, 3.05) is 6.54 Å². The van der Waals surface area contributed by atoms with E-state index in [1.807, 2.05) is 0 Å². The molecular weight excluding hydrogens is 655 g/mol. The minimum absolute atomic E-state index is 0.0136. The van der Waals surface area contributed by atoms with E-state index in [9.17, 15) is 19.2 Å². The van der Waals surface area contributed by atoms with Gasteiger partial charge in [0.15, 0.2) is 5.78 Å². The second-order valence-corrected chi connectivity index (χ2v) is 12.2. The second kappa shape index (κ2) is 9.15. The number of alkyl halides is 2. The van der Waals surface area contributed by atoms with Crippen LogP contribution in [0.15, 0.2) is 53.0 Å². The molecule has 10 heteroatoms. The number of halogens is 4. The maximum atomic E-state index is 13.6. The Morgan fingerprint density at radius 3 is 2.06 bits per heavy atom. The highest BCUT2D eigenvalue weighted by atomic mass is 79.9. The third-order valence-corrected chi connectivity index (χ3v) is 11.1. The molecule has 0 radical (unpaired) electrons. The smallest absolute Gasteiger partial charge is 0.274 e. The van der Waals surface area contributed by atoms with Gasteiger partial charge >= 0.3 is 0 Å². The fourth-order valence-electron chi connectivity index (χ4n) is 5.44. The van der Waals surface area contributed by atoms with Crippen molar-refractivity contribution in [2.45, 2.75) is 16.1 Å². The van der Waals surface area contributed by atoms with Crippen LogP contribution in [0.4, 0.5) is 0 Å². The van der Waals surface area contributed by atoms with E-state index in [1.54, 1.807) is 42.5 Å². The van der Waals surface area contributed by atoms with Gasteiger partial charge in [0.1, 0.15) is 6.54 Å². The fourth-order valence-corrected chi connectivity index (χ4v) is 7.80. The Balaban J connectivity index is 1.52. The summed E-state index contributed by atoms with van der Waals surface area (Å²) < 4.78 is 0.801. The number of hydrazine groups is 1. The molecule has 0 spiro atoms. The van der Waals surface area contributed by atoms with Gasteiger partial charge in [-0.1, -0.05) is 83.7 Å². The topological polar surface area (TPSA) is 74.8 Å². The number of fused-ring (bicyclic) bond motifs is 5. The Hall–Kier alpha value is -1.55. The van der Waals surface area contributed by atoms with Crippen LogP contribution in [0, 0.1) is 23.7 Å². The molecule has 3 amide bonds. The highest BCUT2D eigenvalue weighted by molar-refractivity contribution is 9.12. The van der Waals surface area contributed by atoms with Crippen LogP contribution in [0.25, 0.3) is 0 Å². The lowest BCUT2D eigenvalue weighted by molar-refractivity contribution is -0.154. The second-order valence-electron chi connectivity index (χ2n) is 8.76. The van der Waals surface area contributed by atoms with Crippen LogP contribution < -0.4 is 0 Å². The molecule has 2 saturated carbocycles. The lowest BCUT2D eigenvalue weighted by Gasteiger charge is -2.31. The highest BCUT2D eigenvalue weighted by Gasteiger charge is 2.67. The van der Waals surface area contributed by atoms with E-state index in [0.29, 0.717) is 5.56 Å². The predicted octanol–water partition coefficient (Wildman–Crippen LogP) is 5.12. The third kappa shape index (κ3) is 3.79. The molecular formula is C24H18Br3ClN2O4. The molecule has 3 fully saturated rings. The van der Waals surface area contributed by atoms with Crippen molar-refractivity contribution in [3.8, 4) is 0 Å². The Kier molecular flexibility index (Phi) is 6.50. The maximum absolute atomic E-state index is 13.6. The number of ketones is 1. The third-order valence-electron chi connectivity index (χ3n) is 7.00. The summed E-state index contributed by atoms with van der Waals surface area (Å²) in [5, 5.41) is 2.05. The average Bonchev–Trinajstić information content (AvgIpc) is 3.43. The van der Waals surface area contributed by atoms with Crippen LogP contribution in [-0.2, 0) is 9.59 Å². The molecule has 1 aliphatic heterocycles. The molecule has 2 aromatic rings. The number of carbonyl (C=O) groups is 4. The average molecular weight is 674 g/mol. The monoisotopic (exact) mass is 670 g/mol. The SMILES string of the molecule is O=C(CN(C(=O)c1ccccc1Cl)N1C(=O)[C@@H]2[C@H]3C[C@@H]([C@H](Br)[C@@H]3Br)[C@@H]2C1=O)c1ccc(Br)cc1. The molecule has 176 valence electrons. The van der Waals surface area contributed by atoms with Crippen LogP contribution in [0.5, 0.6) is 0 Å². The molecule has 0 N–H and O–H groups in total. The van der Waals surface area contributed by atoms with Gasteiger partial charge in [0.05, 0.1) is 22.4 Å². The van der Waals surface area contributed by atoms with E-state index in [-0.39, 0.29) is 32.1 Å². The van der Waals surface area contributed by atoms with E-state index >= 15 is 0 Å². The minimum Gasteiger partial charge on any atom is -0.292 e. The molecule has 0 unspecified atom stereocenters. The molecule has 1 saturated heterocycles. The first-order valence-corrected chi connectivity index (χ1v) is 13.7. The Morgan fingerprint density at radius 2 is 1.50 bits per heavy atom. The summed E-state index contributed by atoms with van der Waals surface area (Å²) in [4.78, 5) is 54.1. The van der Waals surface area contributed by atoms with Gasteiger partial charge in [-0.2, -0.15) is 5.01 Å². The molecule has 6 nitrogen and oxygen atoms in total.